The van der Waals surface area contributed by atoms with Gasteiger partial charge < -0.3 is 5.11 Å². The van der Waals surface area contributed by atoms with Crippen LogP contribution in [0.4, 0.5) is 4.39 Å². The molecule has 2 rings (SSSR count). The summed E-state index contributed by atoms with van der Waals surface area (Å²) in [7, 11) is 0. The van der Waals surface area contributed by atoms with E-state index in [1.807, 2.05) is 12.1 Å². The highest BCUT2D eigenvalue weighted by Crippen LogP contribution is 2.31. The smallest absolute Gasteiger partial charge is 0.126 e. The van der Waals surface area contributed by atoms with Gasteiger partial charge in [0.05, 0.1) is 0 Å². The van der Waals surface area contributed by atoms with E-state index in [9.17, 15) is 9.50 Å². The second-order valence-corrected chi connectivity index (χ2v) is 5.85. The van der Waals surface area contributed by atoms with Crippen LogP contribution in [0.2, 0.25) is 0 Å². The third-order valence-electron chi connectivity index (χ3n) is 2.77. The van der Waals surface area contributed by atoms with Crippen molar-refractivity contribution in [3.63, 3.8) is 0 Å². The predicted molar refractivity (Wildman–Crippen MR) is 77.0 cm³/mol. The van der Waals surface area contributed by atoms with Gasteiger partial charge in [-0.05, 0) is 41.8 Å². The average Bonchev–Trinajstić information content (AvgIpc) is 2.32. The number of hydrogen-bond acceptors (Lipinski definition) is 1. The topological polar surface area (TPSA) is 20.2 Å². The summed E-state index contributed by atoms with van der Waals surface area (Å²) in [6.45, 7) is 1.70. The number of hydrogen-bond donors (Lipinski definition) is 1. The van der Waals surface area contributed by atoms with E-state index >= 15 is 0 Å². The van der Waals surface area contributed by atoms with Crippen LogP contribution in [0.1, 0.15) is 22.8 Å². The van der Waals surface area contributed by atoms with Crippen molar-refractivity contribution in [2.24, 2.45) is 0 Å². The number of rotatable bonds is 2. The molecule has 0 heterocycles. The molecular weight excluding hydrogens is 363 g/mol. The summed E-state index contributed by atoms with van der Waals surface area (Å²) in [5.41, 5.74) is 1.82. The number of aryl methyl sites for hydroxylation is 1. The molecule has 0 aromatic heterocycles. The summed E-state index contributed by atoms with van der Waals surface area (Å²) in [6.07, 6.45) is -0.845. The molecule has 0 bridgehead atoms. The Morgan fingerprint density at radius 2 is 1.83 bits per heavy atom. The fourth-order valence-corrected chi connectivity index (χ4v) is 2.95. The van der Waals surface area contributed by atoms with Crippen molar-refractivity contribution < 1.29 is 9.50 Å². The van der Waals surface area contributed by atoms with Gasteiger partial charge in [0.25, 0.3) is 0 Å². The first-order valence-corrected chi connectivity index (χ1v) is 6.96. The molecule has 0 aliphatic carbocycles. The largest absolute Gasteiger partial charge is 0.384 e. The normalized spacial score (nSPS) is 12.5. The zero-order valence-corrected chi connectivity index (χ0v) is 12.8. The minimum absolute atomic E-state index is 0.306. The van der Waals surface area contributed by atoms with Crippen LogP contribution in [0.15, 0.2) is 45.3 Å². The van der Waals surface area contributed by atoms with Crippen LogP contribution < -0.4 is 0 Å². The molecule has 0 radical (unpaired) electrons. The number of benzene rings is 2. The van der Waals surface area contributed by atoms with Crippen molar-refractivity contribution in [3.05, 3.63) is 67.9 Å². The molecule has 0 saturated carbocycles. The quantitative estimate of drug-likeness (QED) is 0.805. The van der Waals surface area contributed by atoms with Crippen LogP contribution in [0.5, 0.6) is 0 Å². The fraction of sp³-hybridized carbons (Fsp3) is 0.143. The minimum Gasteiger partial charge on any atom is -0.384 e. The molecule has 1 nitrogen and oxygen atoms in total. The van der Waals surface area contributed by atoms with Crippen LogP contribution in [0.25, 0.3) is 0 Å². The van der Waals surface area contributed by atoms with Gasteiger partial charge in [-0.2, -0.15) is 0 Å². The van der Waals surface area contributed by atoms with Crippen molar-refractivity contribution in [2.75, 3.05) is 0 Å². The zero-order valence-electron chi connectivity index (χ0n) is 9.62. The highest BCUT2D eigenvalue weighted by Gasteiger charge is 2.15. The summed E-state index contributed by atoms with van der Waals surface area (Å²) in [6, 6.07) is 10.3. The molecule has 0 saturated heterocycles. The Labute approximate surface area is 122 Å². The van der Waals surface area contributed by atoms with E-state index in [1.54, 1.807) is 25.1 Å². The van der Waals surface area contributed by atoms with Crippen molar-refractivity contribution >= 4 is 31.9 Å². The second-order valence-electron chi connectivity index (χ2n) is 4.08. The Morgan fingerprint density at radius 1 is 1.11 bits per heavy atom. The molecule has 0 spiro atoms. The third kappa shape index (κ3) is 2.82. The molecule has 4 heteroatoms. The van der Waals surface area contributed by atoms with E-state index in [4.69, 9.17) is 0 Å². The van der Waals surface area contributed by atoms with Crippen LogP contribution in [-0.2, 0) is 0 Å². The van der Waals surface area contributed by atoms with Crippen LogP contribution in [0.3, 0.4) is 0 Å². The maximum Gasteiger partial charge on any atom is 0.126 e. The maximum atomic E-state index is 13.5. The minimum atomic E-state index is -0.845. The molecule has 1 unspecified atom stereocenters. The lowest BCUT2D eigenvalue weighted by Crippen LogP contribution is -2.01. The van der Waals surface area contributed by atoms with Gasteiger partial charge >= 0.3 is 0 Å². The standard InChI is InChI=1S/C14H11Br2FO/c1-8-2-3-9(6-13(8)17)14(18)11-5-4-10(15)7-12(11)16/h2-7,14,18H,1H3. The Morgan fingerprint density at radius 3 is 2.44 bits per heavy atom. The first-order chi connectivity index (χ1) is 8.49. The second kappa shape index (κ2) is 5.51. The van der Waals surface area contributed by atoms with E-state index in [2.05, 4.69) is 31.9 Å². The summed E-state index contributed by atoms with van der Waals surface area (Å²) in [5, 5.41) is 10.3. The van der Waals surface area contributed by atoms with Gasteiger partial charge in [0.15, 0.2) is 0 Å². The van der Waals surface area contributed by atoms with Gasteiger partial charge in [-0.25, -0.2) is 4.39 Å². The van der Waals surface area contributed by atoms with Gasteiger partial charge in [-0.15, -0.1) is 0 Å². The average molecular weight is 374 g/mol. The van der Waals surface area contributed by atoms with Gasteiger partial charge in [-0.3, -0.25) is 0 Å². The lowest BCUT2D eigenvalue weighted by Gasteiger charge is -2.14. The molecule has 0 fully saturated rings. The third-order valence-corrected chi connectivity index (χ3v) is 3.95. The van der Waals surface area contributed by atoms with E-state index < -0.39 is 6.10 Å². The van der Waals surface area contributed by atoms with E-state index in [1.165, 1.54) is 6.07 Å². The van der Waals surface area contributed by atoms with Crippen LogP contribution in [-0.4, -0.2) is 5.11 Å². The monoisotopic (exact) mass is 372 g/mol. The molecule has 0 amide bonds. The van der Waals surface area contributed by atoms with Gasteiger partial charge in [0.1, 0.15) is 11.9 Å². The number of halogens is 3. The molecule has 18 heavy (non-hydrogen) atoms. The summed E-state index contributed by atoms with van der Waals surface area (Å²) >= 11 is 6.75. The molecule has 0 aliphatic heterocycles. The van der Waals surface area contributed by atoms with Crippen molar-refractivity contribution in [1.82, 2.24) is 0 Å². The van der Waals surface area contributed by atoms with Crippen molar-refractivity contribution in [1.29, 1.82) is 0 Å². The highest BCUT2D eigenvalue weighted by molar-refractivity contribution is 9.11. The van der Waals surface area contributed by atoms with Crippen molar-refractivity contribution in [3.8, 4) is 0 Å². The first kappa shape index (κ1) is 13.7. The molecule has 2 aromatic rings. The summed E-state index contributed by atoms with van der Waals surface area (Å²) in [4.78, 5) is 0. The molecule has 94 valence electrons. The van der Waals surface area contributed by atoms with Gasteiger partial charge in [-0.1, -0.05) is 50.1 Å². The number of aliphatic hydroxyl groups is 1. The fourth-order valence-electron chi connectivity index (χ4n) is 1.68. The number of aliphatic hydroxyl groups excluding tert-OH is 1. The zero-order chi connectivity index (χ0) is 13.3. The van der Waals surface area contributed by atoms with E-state index in [0.29, 0.717) is 16.7 Å². The van der Waals surface area contributed by atoms with Crippen LogP contribution in [0, 0.1) is 12.7 Å². The van der Waals surface area contributed by atoms with E-state index in [0.717, 1.165) is 8.95 Å². The lowest BCUT2D eigenvalue weighted by molar-refractivity contribution is 0.219. The summed E-state index contributed by atoms with van der Waals surface area (Å²) in [5.74, 6) is -0.306. The van der Waals surface area contributed by atoms with E-state index in [-0.39, 0.29) is 5.82 Å². The van der Waals surface area contributed by atoms with Crippen LogP contribution >= 0.6 is 31.9 Å². The Bertz CT molecular complexity index is 584. The Kier molecular flexibility index (Phi) is 4.20. The Balaban J connectivity index is 2.41. The maximum absolute atomic E-state index is 13.5. The Hall–Kier alpha value is -0.710. The highest BCUT2D eigenvalue weighted by atomic mass is 79.9. The SMILES string of the molecule is Cc1ccc(C(O)c2ccc(Br)cc2Br)cc1F. The lowest BCUT2D eigenvalue weighted by atomic mass is 10.0. The first-order valence-electron chi connectivity index (χ1n) is 5.38. The molecule has 1 atom stereocenters. The molecule has 0 aliphatic rings. The van der Waals surface area contributed by atoms with Gasteiger partial charge in [0.2, 0.25) is 0 Å². The van der Waals surface area contributed by atoms with Crippen molar-refractivity contribution in [2.45, 2.75) is 13.0 Å². The summed E-state index contributed by atoms with van der Waals surface area (Å²) < 4.78 is 15.2. The van der Waals surface area contributed by atoms with Gasteiger partial charge in [0, 0.05) is 8.95 Å². The molecular formula is C14H11Br2FO. The molecule has 1 N–H and O–H groups in total. The molecule has 2 aromatic carbocycles. The predicted octanol–water partition coefficient (Wildman–Crippen LogP) is 4.74.